The first-order chi connectivity index (χ1) is 16.0. The number of carbonyl (C=O) groups excluding carboxylic acids is 1. The number of rotatable bonds is 7. The minimum Gasteiger partial charge on any atom is -0.432 e. The van der Waals surface area contributed by atoms with Crippen LogP contribution in [0.2, 0.25) is 0 Å². The Hall–Kier alpha value is -3.89. The van der Waals surface area contributed by atoms with E-state index in [1.165, 1.54) is 12.4 Å². The van der Waals surface area contributed by atoms with Crippen LogP contribution >= 0.6 is 0 Å². The number of fused-ring (bicyclic) bond motifs is 1. The van der Waals surface area contributed by atoms with Gasteiger partial charge in [-0.3, -0.25) is 4.79 Å². The number of nitrogens with zero attached hydrogens (tertiary/aromatic N) is 4. The molecule has 1 aliphatic carbocycles. The SMILES string of the molecule is O=C1NCc2ccc(-c3ccc(N[C@H]4CC[C@H](Nc5ncc(OC(F)F)cn5)C4)nc3)nc21. The lowest BCUT2D eigenvalue weighted by molar-refractivity contribution is -0.0503. The number of halogens is 2. The molecule has 0 bridgehead atoms. The number of nitrogens with one attached hydrogen (secondary N) is 3. The van der Waals surface area contributed by atoms with Gasteiger partial charge >= 0.3 is 6.61 Å². The summed E-state index contributed by atoms with van der Waals surface area (Å²) in [6, 6.07) is 8.02. The van der Waals surface area contributed by atoms with E-state index in [1.54, 1.807) is 6.20 Å². The minimum absolute atomic E-state index is 0.0746. The fraction of sp³-hybridized carbons (Fsp3) is 0.318. The maximum atomic E-state index is 12.2. The van der Waals surface area contributed by atoms with Crippen molar-refractivity contribution in [2.75, 3.05) is 10.6 Å². The van der Waals surface area contributed by atoms with Crippen molar-refractivity contribution in [3.05, 3.63) is 54.1 Å². The molecule has 0 saturated heterocycles. The third-order valence-electron chi connectivity index (χ3n) is 5.66. The van der Waals surface area contributed by atoms with Gasteiger partial charge in [-0.05, 0) is 37.5 Å². The van der Waals surface area contributed by atoms with Crippen LogP contribution in [-0.4, -0.2) is 44.5 Å². The lowest BCUT2D eigenvalue weighted by Crippen LogP contribution is -2.22. The van der Waals surface area contributed by atoms with Gasteiger partial charge in [-0.25, -0.2) is 19.9 Å². The van der Waals surface area contributed by atoms with Gasteiger partial charge in [-0.1, -0.05) is 6.07 Å². The Labute approximate surface area is 188 Å². The number of amides is 1. The zero-order chi connectivity index (χ0) is 22.8. The zero-order valence-electron chi connectivity index (χ0n) is 17.5. The molecule has 3 N–H and O–H groups in total. The number of carbonyl (C=O) groups is 1. The largest absolute Gasteiger partial charge is 0.432 e. The van der Waals surface area contributed by atoms with Crippen LogP contribution in [0.25, 0.3) is 11.3 Å². The van der Waals surface area contributed by atoms with E-state index < -0.39 is 6.61 Å². The fourth-order valence-corrected chi connectivity index (χ4v) is 4.07. The van der Waals surface area contributed by atoms with Gasteiger partial charge in [0.2, 0.25) is 5.95 Å². The molecular weight excluding hydrogens is 432 g/mol. The second-order valence-electron chi connectivity index (χ2n) is 7.94. The van der Waals surface area contributed by atoms with Gasteiger partial charge in [0.1, 0.15) is 11.5 Å². The number of anilines is 2. The number of hydrogen-bond donors (Lipinski definition) is 3. The standard InChI is InChI=1S/C22H21F2N7O2/c23-21(24)33-16-10-27-22(28-11-16)30-15-4-3-14(7-15)29-18-6-2-12(8-25-18)17-5-1-13-9-26-20(32)19(13)31-17/h1-2,5-6,8,10-11,14-15,21H,3-4,7,9H2,(H,25,29)(H,26,32)(H,27,28,30)/t14-,15-/m0/s1. The zero-order valence-corrected chi connectivity index (χ0v) is 17.5. The Morgan fingerprint density at radius 2 is 1.79 bits per heavy atom. The summed E-state index contributed by atoms with van der Waals surface area (Å²) in [5.41, 5.74) is 2.92. The van der Waals surface area contributed by atoms with E-state index in [1.807, 2.05) is 24.3 Å². The van der Waals surface area contributed by atoms with Gasteiger partial charge in [0, 0.05) is 36.0 Å². The quantitative estimate of drug-likeness (QED) is 0.500. The predicted molar refractivity (Wildman–Crippen MR) is 116 cm³/mol. The third-order valence-corrected chi connectivity index (χ3v) is 5.66. The monoisotopic (exact) mass is 453 g/mol. The van der Waals surface area contributed by atoms with Gasteiger partial charge in [0.25, 0.3) is 5.91 Å². The molecule has 2 atom stereocenters. The highest BCUT2D eigenvalue weighted by Gasteiger charge is 2.25. The summed E-state index contributed by atoms with van der Waals surface area (Å²) >= 11 is 0. The number of pyridine rings is 2. The first-order valence-corrected chi connectivity index (χ1v) is 10.6. The van der Waals surface area contributed by atoms with E-state index in [-0.39, 0.29) is 23.7 Å². The van der Waals surface area contributed by atoms with Crippen LogP contribution in [0.1, 0.15) is 35.3 Å². The summed E-state index contributed by atoms with van der Waals surface area (Å²) in [4.78, 5) is 28.9. The van der Waals surface area contributed by atoms with Crippen molar-refractivity contribution in [1.29, 1.82) is 0 Å². The first kappa shape index (κ1) is 21.0. The molecule has 3 aromatic heterocycles. The van der Waals surface area contributed by atoms with Crippen LogP contribution < -0.4 is 20.7 Å². The van der Waals surface area contributed by atoms with E-state index >= 15 is 0 Å². The average molecular weight is 453 g/mol. The van der Waals surface area contributed by atoms with E-state index in [0.717, 1.165) is 36.2 Å². The van der Waals surface area contributed by atoms with Crippen molar-refractivity contribution in [2.45, 2.75) is 44.5 Å². The van der Waals surface area contributed by atoms with Crippen molar-refractivity contribution in [2.24, 2.45) is 0 Å². The summed E-state index contributed by atoms with van der Waals surface area (Å²) in [6.45, 7) is -2.38. The highest BCUT2D eigenvalue weighted by atomic mass is 19.3. The molecule has 11 heteroatoms. The van der Waals surface area contributed by atoms with Crippen molar-refractivity contribution in [1.82, 2.24) is 25.3 Å². The fourth-order valence-electron chi connectivity index (χ4n) is 4.07. The molecule has 0 aromatic carbocycles. The highest BCUT2D eigenvalue weighted by molar-refractivity contribution is 5.96. The molecule has 1 aliphatic heterocycles. The molecule has 3 aromatic rings. The number of alkyl halides is 2. The molecule has 33 heavy (non-hydrogen) atoms. The summed E-state index contributed by atoms with van der Waals surface area (Å²) in [5, 5.41) is 9.43. The maximum absolute atomic E-state index is 12.2. The van der Waals surface area contributed by atoms with Gasteiger partial charge in [-0.15, -0.1) is 0 Å². The van der Waals surface area contributed by atoms with Crippen molar-refractivity contribution < 1.29 is 18.3 Å². The van der Waals surface area contributed by atoms with Crippen LogP contribution in [0.15, 0.2) is 42.9 Å². The highest BCUT2D eigenvalue weighted by Crippen LogP contribution is 2.26. The lowest BCUT2D eigenvalue weighted by Gasteiger charge is -2.15. The van der Waals surface area contributed by atoms with Crippen LogP contribution in [0.3, 0.4) is 0 Å². The second kappa shape index (κ2) is 8.93. The molecule has 0 unspecified atom stereocenters. The lowest BCUT2D eigenvalue weighted by atomic mass is 10.1. The molecule has 2 aliphatic rings. The summed E-state index contributed by atoms with van der Waals surface area (Å²) in [6.07, 6.45) is 6.87. The molecule has 0 radical (unpaired) electrons. The Morgan fingerprint density at radius 3 is 2.52 bits per heavy atom. The van der Waals surface area contributed by atoms with Crippen LogP contribution in [0.4, 0.5) is 20.5 Å². The first-order valence-electron chi connectivity index (χ1n) is 10.6. The Balaban J connectivity index is 1.16. The molecule has 0 spiro atoms. The van der Waals surface area contributed by atoms with Gasteiger partial charge < -0.3 is 20.7 Å². The van der Waals surface area contributed by atoms with E-state index in [0.29, 0.717) is 23.9 Å². The summed E-state index contributed by atoms with van der Waals surface area (Å²) in [7, 11) is 0. The van der Waals surface area contributed by atoms with Gasteiger partial charge in [0.05, 0.1) is 18.1 Å². The van der Waals surface area contributed by atoms with Crippen LogP contribution in [0.5, 0.6) is 5.75 Å². The molecule has 1 amide bonds. The molecule has 1 saturated carbocycles. The van der Waals surface area contributed by atoms with Crippen LogP contribution in [0, 0.1) is 0 Å². The second-order valence-corrected chi connectivity index (χ2v) is 7.94. The average Bonchev–Trinajstić information content (AvgIpc) is 3.41. The third kappa shape index (κ3) is 4.81. The number of hydrogen-bond acceptors (Lipinski definition) is 8. The van der Waals surface area contributed by atoms with Crippen LogP contribution in [-0.2, 0) is 6.54 Å². The number of ether oxygens (including phenoxy) is 1. The predicted octanol–water partition coefficient (Wildman–Crippen LogP) is 3.22. The Kier molecular flexibility index (Phi) is 5.68. The number of aromatic nitrogens is 4. The molecule has 5 rings (SSSR count). The van der Waals surface area contributed by atoms with Gasteiger partial charge in [-0.2, -0.15) is 8.78 Å². The van der Waals surface area contributed by atoms with E-state index in [2.05, 4.69) is 40.6 Å². The van der Waals surface area contributed by atoms with E-state index in [4.69, 9.17) is 0 Å². The molecule has 170 valence electrons. The smallest absolute Gasteiger partial charge is 0.387 e. The molecule has 4 heterocycles. The van der Waals surface area contributed by atoms with Crippen molar-refractivity contribution in [3.63, 3.8) is 0 Å². The molecular formula is C22H21F2N7O2. The molecule has 1 fully saturated rings. The maximum Gasteiger partial charge on any atom is 0.387 e. The summed E-state index contributed by atoms with van der Waals surface area (Å²) in [5.74, 6) is 0.910. The topological polar surface area (TPSA) is 114 Å². The summed E-state index contributed by atoms with van der Waals surface area (Å²) < 4.78 is 28.7. The Morgan fingerprint density at radius 1 is 1.00 bits per heavy atom. The normalized spacial score (nSPS) is 19.3. The van der Waals surface area contributed by atoms with Crippen molar-refractivity contribution >= 4 is 17.7 Å². The molecule has 9 nitrogen and oxygen atoms in total. The van der Waals surface area contributed by atoms with E-state index in [9.17, 15) is 13.6 Å². The van der Waals surface area contributed by atoms with Crippen molar-refractivity contribution in [3.8, 4) is 17.0 Å². The Bertz CT molecular complexity index is 1140. The van der Waals surface area contributed by atoms with Gasteiger partial charge in [0.15, 0.2) is 5.75 Å². The minimum atomic E-state index is -2.90.